The Morgan fingerprint density at radius 3 is 2.46 bits per heavy atom. The van der Waals surface area contributed by atoms with E-state index in [1.807, 2.05) is 0 Å². The van der Waals surface area contributed by atoms with E-state index in [-0.39, 0.29) is 22.5 Å². The summed E-state index contributed by atoms with van der Waals surface area (Å²) in [5, 5.41) is 19.3. The van der Waals surface area contributed by atoms with Crippen LogP contribution in [0.15, 0.2) is 42.9 Å². The molecule has 0 atom stereocenters. The Kier molecular flexibility index (Phi) is 6.25. The molecular weight excluding hydrogens is 459 g/mol. The molecule has 8 nitrogen and oxygen atoms in total. The van der Waals surface area contributed by atoms with Gasteiger partial charge in [-0.25, -0.2) is 4.98 Å². The molecule has 7 N–H and O–H groups in total. The van der Waals surface area contributed by atoms with E-state index < -0.39 is 29.1 Å². The second-order valence-electron chi connectivity index (χ2n) is 8.07. The van der Waals surface area contributed by atoms with Crippen LogP contribution in [0.25, 0.3) is 16.5 Å². The van der Waals surface area contributed by atoms with Gasteiger partial charge in [0.15, 0.2) is 0 Å². The Labute approximate surface area is 198 Å². The summed E-state index contributed by atoms with van der Waals surface area (Å²) in [6, 6.07) is 6.24. The molecule has 0 saturated carbocycles. The van der Waals surface area contributed by atoms with E-state index in [1.165, 1.54) is 18.3 Å². The second kappa shape index (κ2) is 9.16. The van der Waals surface area contributed by atoms with Crippen molar-refractivity contribution in [2.75, 3.05) is 11.1 Å². The van der Waals surface area contributed by atoms with E-state index in [0.717, 1.165) is 12.6 Å². The smallest absolute Gasteiger partial charge is 0.404 e. The molecule has 3 aromatic rings. The Morgan fingerprint density at radius 2 is 1.83 bits per heavy atom. The zero-order valence-corrected chi connectivity index (χ0v) is 18.5. The van der Waals surface area contributed by atoms with Crippen LogP contribution >= 0.6 is 0 Å². The van der Waals surface area contributed by atoms with Crippen LogP contribution in [0.3, 0.4) is 0 Å². The molecule has 11 heteroatoms. The number of nitrogens with zero attached hydrogens (tertiary/aromatic N) is 2. The van der Waals surface area contributed by atoms with Crippen molar-refractivity contribution in [2.45, 2.75) is 31.9 Å². The number of allylic oxidation sites excluding steroid dienone is 1. The minimum atomic E-state index is -4.90. The average Bonchev–Trinajstić information content (AvgIpc) is 2.84. The molecule has 0 saturated heterocycles. The third-order valence-corrected chi connectivity index (χ3v) is 5.87. The van der Waals surface area contributed by atoms with Gasteiger partial charge >= 0.3 is 6.18 Å². The first kappa shape index (κ1) is 23.9. The van der Waals surface area contributed by atoms with Crippen LogP contribution in [0.1, 0.15) is 35.2 Å². The maximum absolute atomic E-state index is 13.4. The predicted octanol–water partition coefficient (Wildman–Crippen LogP) is 3.98. The Balaban J connectivity index is 1.90. The molecule has 0 bridgehead atoms. The van der Waals surface area contributed by atoms with E-state index >= 15 is 0 Å². The maximum atomic E-state index is 13.4. The first-order valence-electron chi connectivity index (χ1n) is 10.8. The lowest BCUT2D eigenvalue weighted by atomic mass is 9.83. The summed E-state index contributed by atoms with van der Waals surface area (Å²) in [5.74, 6) is -0.716. The number of halogens is 3. The number of aromatic nitrogens is 2. The number of benzene rings is 1. The van der Waals surface area contributed by atoms with Crippen molar-refractivity contribution in [1.82, 2.24) is 9.97 Å². The fraction of sp³-hybridized carbons (Fsp3) is 0.208. The fourth-order valence-corrected chi connectivity index (χ4v) is 4.31. The molecule has 0 radical (unpaired) electrons. The number of hydrogen-bond donors (Lipinski definition) is 5. The van der Waals surface area contributed by atoms with E-state index in [4.69, 9.17) is 22.3 Å². The van der Waals surface area contributed by atoms with Crippen LogP contribution in [-0.2, 0) is 17.6 Å². The highest BCUT2D eigenvalue weighted by Crippen LogP contribution is 2.38. The summed E-state index contributed by atoms with van der Waals surface area (Å²) < 4.78 is 40.1. The Hall–Kier alpha value is -4.28. The molecule has 2 aromatic heterocycles. The summed E-state index contributed by atoms with van der Waals surface area (Å²) in [7, 11) is 0. The molecule has 4 rings (SSSR count). The number of rotatable bonds is 5. The van der Waals surface area contributed by atoms with Crippen LogP contribution < -0.4 is 16.8 Å². The van der Waals surface area contributed by atoms with Crippen LogP contribution in [0.5, 0.6) is 0 Å². The number of hydrogen-bond acceptors (Lipinski definition) is 7. The summed E-state index contributed by atoms with van der Waals surface area (Å²) in [6.45, 7) is 0. The van der Waals surface area contributed by atoms with E-state index in [0.29, 0.717) is 41.5 Å². The van der Waals surface area contributed by atoms with Crippen molar-refractivity contribution >= 4 is 45.2 Å². The van der Waals surface area contributed by atoms with Crippen molar-refractivity contribution in [3.63, 3.8) is 0 Å². The van der Waals surface area contributed by atoms with Crippen LogP contribution in [-0.4, -0.2) is 33.5 Å². The number of pyridine rings is 2. The normalized spacial score (nSPS) is 13.9. The van der Waals surface area contributed by atoms with Gasteiger partial charge in [0.05, 0.1) is 23.1 Å². The quantitative estimate of drug-likeness (QED) is 0.275. The lowest BCUT2D eigenvalue weighted by Crippen LogP contribution is -2.26. The van der Waals surface area contributed by atoms with Gasteiger partial charge in [-0.05, 0) is 61.1 Å². The topological polar surface area (TPSA) is 155 Å². The summed E-state index contributed by atoms with van der Waals surface area (Å²) in [6.07, 6.45) is 1.20. The van der Waals surface area contributed by atoms with Gasteiger partial charge in [0.1, 0.15) is 11.4 Å². The zero-order valence-electron chi connectivity index (χ0n) is 18.5. The fourth-order valence-electron chi connectivity index (χ4n) is 4.31. The molecule has 0 fully saturated rings. The van der Waals surface area contributed by atoms with Crippen LogP contribution in [0, 0.1) is 10.8 Å². The van der Waals surface area contributed by atoms with Crippen LogP contribution in [0.4, 0.5) is 24.5 Å². The van der Waals surface area contributed by atoms with Gasteiger partial charge in [0, 0.05) is 34.6 Å². The van der Waals surface area contributed by atoms with Crippen molar-refractivity contribution in [3.05, 3.63) is 65.2 Å². The van der Waals surface area contributed by atoms with Crippen molar-refractivity contribution in [2.24, 2.45) is 5.73 Å². The third kappa shape index (κ3) is 4.44. The number of anilines is 2. The molecule has 1 aliphatic carbocycles. The first-order valence-corrected chi connectivity index (χ1v) is 10.8. The number of nitrogens with two attached hydrogens (primary N) is 2. The summed E-state index contributed by atoms with van der Waals surface area (Å²) in [5.41, 5.74) is 11.4. The van der Waals surface area contributed by atoms with Gasteiger partial charge < -0.3 is 16.8 Å². The minimum Gasteiger partial charge on any atom is -0.404 e. The Bertz CT molecular complexity index is 1380. The van der Waals surface area contributed by atoms with E-state index in [2.05, 4.69) is 15.3 Å². The molecule has 0 aliphatic heterocycles. The lowest BCUT2D eigenvalue weighted by Gasteiger charge is -2.24. The maximum Gasteiger partial charge on any atom is 0.433 e. The predicted molar refractivity (Wildman–Crippen MR) is 128 cm³/mol. The highest BCUT2D eigenvalue weighted by Gasteiger charge is 2.39. The highest BCUT2D eigenvalue weighted by atomic mass is 19.4. The molecule has 1 amide bonds. The number of carbonyl (C=O) groups excluding carboxylic acids is 1. The summed E-state index contributed by atoms with van der Waals surface area (Å²) >= 11 is 0. The average molecular weight is 481 g/mol. The van der Waals surface area contributed by atoms with E-state index in [9.17, 15) is 18.0 Å². The number of aryl methyl sites for hydroxylation is 1. The molecule has 1 aliphatic rings. The summed E-state index contributed by atoms with van der Waals surface area (Å²) in [4.78, 5) is 21.2. The number of fused-ring (bicyclic) bond motifs is 3. The Morgan fingerprint density at radius 1 is 1.11 bits per heavy atom. The van der Waals surface area contributed by atoms with Crippen molar-refractivity contribution in [3.8, 4) is 0 Å². The number of alkyl halides is 3. The molecule has 35 heavy (non-hydrogen) atoms. The molecule has 0 unspecified atom stereocenters. The van der Waals surface area contributed by atoms with Gasteiger partial charge in [0.2, 0.25) is 0 Å². The second-order valence-corrected chi connectivity index (χ2v) is 8.07. The number of carbonyl (C=O) groups is 1. The molecule has 180 valence electrons. The van der Waals surface area contributed by atoms with Crippen molar-refractivity contribution < 1.29 is 18.0 Å². The molecule has 1 aromatic carbocycles. The number of nitrogen functional groups attached to an aromatic ring is 1. The highest BCUT2D eigenvalue weighted by molar-refractivity contribution is 6.50. The van der Waals surface area contributed by atoms with Gasteiger partial charge in [-0.2, -0.15) is 13.2 Å². The van der Waals surface area contributed by atoms with Gasteiger partial charge in [-0.3, -0.25) is 20.6 Å². The SMILES string of the molecule is N=C(C(=O)Nc1cccnc1)c1c(N)ccc2nc(/C(=C/N)C(=N)C(F)(F)F)c3c(c12)CCCC3. The molecular formula is C24H22F3N7O. The minimum absolute atomic E-state index is 0.0147. The van der Waals surface area contributed by atoms with E-state index in [1.54, 1.807) is 18.3 Å². The molecule has 0 spiro atoms. The van der Waals surface area contributed by atoms with Gasteiger partial charge in [0.25, 0.3) is 5.91 Å². The van der Waals surface area contributed by atoms with Crippen LogP contribution in [0.2, 0.25) is 0 Å². The first-order chi connectivity index (χ1) is 16.6. The zero-order chi connectivity index (χ0) is 25.3. The van der Waals surface area contributed by atoms with Gasteiger partial charge in [-0.15, -0.1) is 0 Å². The van der Waals surface area contributed by atoms with Gasteiger partial charge in [-0.1, -0.05) is 0 Å². The number of amides is 1. The number of nitrogens with one attached hydrogen (secondary N) is 3. The van der Waals surface area contributed by atoms with Crippen molar-refractivity contribution in [1.29, 1.82) is 10.8 Å². The molecule has 2 heterocycles. The standard InChI is InChI=1S/C24H22F3N7O/c25-24(26,27)22(31)15(10-28)21-14-6-2-1-5-13(14)18-17(34-21)8-7-16(29)19(18)20(30)23(35)33-12-4-3-9-32-11-12/h3-4,7-11,30-31H,1-2,5-6,28-29H2,(H,33,35)/b15-10-,30-20?,31-22?. The third-order valence-electron chi connectivity index (χ3n) is 5.87. The largest absolute Gasteiger partial charge is 0.433 e. The lowest BCUT2D eigenvalue weighted by molar-refractivity contribution is -0.110. The monoisotopic (exact) mass is 481 g/mol.